The van der Waals surface area contributed by atoms with Crippen molar-refractivity contribution in [2.24, 2.45) is 11.0 Å². The van der Waals surface area contributed by atoms with Crippen molar-refractivity contribution in [3.63, 3.8) is 0 Å². The van der Waals surface area contributed by atoms with Gasteiger partial charge in [-0.2, -0.15) is 5.10 Å². The molecule has 2 aliphatic heterocycles. The average molecular weight is 423 g/mol. The van der Waals surface area contributed by atoms with Crippen LogP contribution in [-0.4, -0.2) is 50.4 Å². The Morgan fingerprint density at radius 2 is 1.52 bits per heavy atom. The van der Waals surface area contributed by atoms with Crippen molar-refractivity contribution in [1.82, 2.24) is 0 Å². The monoisotopic (exact) mass is 423 g/mol. The number of benzene rings is 2. The van der Waals surface area contributed by atoms with Gasteiger partial charge in [0.15, 0.2) is 5.71 Å². The molecule has 4 rings (SSSR count). The van der Waals surface area contributed by atoms with Crippen molar-refractivity contribution in [3.8, 4) is 11.5 Å². The third-order valence-corrected chi connectivity index (χ3v) is 5.19. The molecule has 2 aromatic carbocycles. The van der Waals surface area contributed by atoms with Gasteiger partial charge in [0.25, 0.3) is 5.91 Å². The van der Waals surface area contributed by atoms with E-state index in [0.29, 0.717) is 22.9 Å². The summed E-state index contributed by atoms with van der Waals surface area (Å²) in [7, 11) is 2.95. The van der Waals surface area contributed by atoms with Gasteiger partial charge in [-0.3, -0.25) is 9.59 Å². The van der Waals surface area contributed by atoms with Crippen LogP contribution < -0.4 is 19.4 Å². The summed E-state index contributed by atoms with van der Waals surface area (Å²) in [6.45, 7) is 1.77. The van der Waals surface area contributed by atoms with Crippen LogP contribution in [0.15, 0.2) is 53.6 Å². The van der Waals surface area contributed by atoms with E-state index in [-0.39, 0.29) is 12.3 Å². The largest absolute Gasteiger partial charge is 0.495 e. The molecule has 9 nitrogen and oxygen atoms in total. The molecule has 2 heterocycles. The third-order valence-electron chi connectivity index (χ3n) is 5.19. The van der Waals surface area contributed by atoms with Crippen LogP contribution in [0.2, 0.25) is 0 Å². The van der Waals surface area contributed by atoms with Crippen molar-refractivity contribution < 1.29 is 28.6 Å². The van der Waals surface area contributed by atoms with Crippen LogP contribution >= 0.6 is 0 Å². The number of esters is 1. The second-order valence-corrected chi connectivity index (χ2v) is 6.83. The highest BCUT2D eigenvalue weighted by molar-refractivity contribution is 6.47. The van der Waals surface area contributed by atoms with Gasteiger partial charge < -0.3 is 14.2 Å². The number of methoxy groups -OCH3 is 2. The zero-order valence-electron chi connectivity index (χ0n) is 17.3. The molecule has 31 heavy (non-hydrogen) atoms. The molecule has 0 bridgehead atoms. The molecule has 2 aromatic rings. The summed E-state index contributed by atoms with van der Waals surface area (Å²) in [4.78, 5) is 40.6. The van der Waals surface area contributed by atoms with Crippen LogP contribution in [-0.2, 0) is 19.1 Å². The fraction of sp³-hybridized carbons (Fsp3) is 0.273. The van der Waals surface area contributed by atoms with Crippen LogP contribution in [0.4, 0.5) is 11.4 Å². The number of anilines is 2. The van der Waals surface area contributed by atoms with E-state index in [0.717, 1.165) is 4.90 Å². The first-order valence-corrected chi connectivity index (χ1v) is 9.72. The molecule has 1 fully saturated rings. The maximum atomic E-state index is 13.5. The Labute approximate surface area is 178 Å². The first-order valence-electron chi connectivity index (χ1n) is 9.72. The summed E-state index contributed by atoms with van der Waals surface area (Å²) < 4.78 is 15.8. The predicted octanol–water partition coefficient (Wildman–Crippen LogP) is 2.00. The zero-order valence-corrected chi connectivity index (χ0v) is 17.3. The number of hydrogen-bond donors (Lipinski definition) is 0. The fourth-order valence-electron chi connectivity index (χ4n) is 3.86. The van der Waals surface area contributed by atoms with Crippen molar-refractivity contribution >= 4 is 34.9 Å². The molecular weight excluding hydrogens is 402 g/mol. The van der Waals surface area contributed by atoms with Gasteiger partial charge in [0, 0.05) is 0 Å². The van der Waals surface area contributed by atoms with Crippen LogP contribution in [0.5, 0.6) is 11.5 Å². The number of hydrazone groups is 1. The molecule has 9 heteroatoms. The molecule has 1 saturated heterocycles. The lowest BCUT2D eigenvalue weighted by Gasteiger charge is -2.24. The minimum Gasteiger partial charge on any atom is -0.495 e. The predicted molar refractivity (Wildman–Crippen MR) is 112 cm³/mol. The van der Waals surface area contributed by atoms with Gasteiger partial charge in [-0.15, -0.1) is 0 Å². The minimum atomic E-state index is -1.11. The molecule has 0 saturated carbocycles. The van der Waals surface area contributed by atoms with Gasteiger partial charge in [-0.25, -0.2) is 14.7 Å². The summed E-state index contributed by atoms with van der Waals surface area (Å²) in [6, 6.07) is 12.6. The number of ether oxygens (including phenoxy) is 3. The normalized spacial score (nSPS) is 19.9. The van der Waals surface area contributed by atoms with Gasteiger partial charge in [0.2, 0.25) is 5.91 Å². The van der Waals surface area contributed by atoms with Gasteiger partial charge in [-0.1, -0.05) is 24.3 Å². The number of fused-ring (bicyclic) bond motifs is 1. The summed E-state index contributed by atoms with van der Waals surface area (Å²) in [5.74, 6) is -2.12. The second-order valence-electron chi connectivity index (χ2n) is 6.83. The number of amides is 2. The Balaban J connectivity index is 1.84. The van der Waals surface area contributed by atoms with Gasteiger partial charge >= 0.3 is 5.97 Å². The Bertz CT molecular complexity index is 1080. The quantitative estimate of drug-likeness (QED) is 0.518. The van der Waals surface area contributed by atoms with Crippen molar-refractivity contribution in [2.45, 2.75) is 13.0 Å². The molecule has 0 spiro atoms. The summed E-state index contributed by atoms with van der Waals surface area (Å²) in [5.41, 5.74) is 0.647. The van der Waals surface area contributed by atoms with Crippen LogP contribution in [0, 0.1) is 5.92 Å². The second kappa shape index (κ2) is 8.10. The van der Waals surface area contributed by atoms with E-state index < -0.39 is 29.7 Å². The minimum absolute atomic E-state index is 0.113. The topological polar surface area (TPSA) is 97.7 Å². The van der Waals surface area contributed by atoms with Crippen molar-refractivity contribution in [3.05, 3.63) is 48.5 Å². The standard InChI is InChI=1S/C22H21N3O6/c1-4-31-22(28)18-17-19(25(23-18)14-10-6-8-12-16(14)30-3)21(27)24(20(17)26)13-9-5-7-11-15(13)29-2/h5-12,17,19H,4H2,1-3H3/t17-,19+/m0/s1. The molecule has 2 aliphatic rings. The third kappa shape index (κ3) is 3.18. The fourth-order valence-corrected chi connectivity index (χ4v) is 3.86. The lowest BCUT2D eigenvalue weighted by atomic mass is 9.97. The SMILES string of the molecule is CCOC(=O)C1=NN(c2ccccc2OC)[C@H]2C(=O)N(c3ccccc3OC)C(=O)[C@@H]12. The van der Waals surface area contributed by atoms with E-state index in [4.69, 9.17) is 14.2 Å². The molecular formula is C22H21N3O6. The molecule has 0 N–H and O–H groups in total. The lowest BCUT2D eigenvalue weighted by Crippen LogP contribution is -2.39. The highest BCUT2D eigenvalue weighted by atomic mass is 16.5. The Morgan fingerprint density at radius 1 is 0.935 bits per heavy atom. The first kappa shape index (κ1) is 20.4. The molecule has 0 radical (unpaired) electrons. The Kier molecular flexibility index (Phi) is 5.33. The molecule has 0 unspecified atom stereocenters. The van der Waals surface area contributed by atoms with Gasteiger partial charge in [0.1, 0.15) is 29.1 Å². The van der Waals surface area contributed by atoms with Crippen LogP contribution in [0.3, 0.4) is 0 Å². The Morgan fingerprint density at radius 3 is 2.13 bits per heavy atom. The Hall–Kier alpha value is -3.88. The van der Waals surface area contributed by atoms with E-state index in [2.05, 4.69) is 5.10 Å². The maximum absolute atomic E-state index is 13.5. The highest BCUT2D eigenvalue weighted by Crippen LogP contribution is 2.42. The lowest BCUT2D eigenvalue weighted by molar-refractivity contribution is -0.136. The molecule has 0 aromatic heterocycles. The molecule has 2 amide bonds. The van der Waals surface area contributed by atoms with Crippen molar-refractivity contribution in [2.75, 3.05) is 30.7 Å². The number of carbonyl (C=O) groups excluding carboxylic acids is 3. The van der Waals surface area contributed by atoms with E-state index in [1.54, 1.807) is 55.5 Å². The zero-order chi connectivity index (χ0) is 22.1. The highest BCUT2D eigenvalue weighted by Gasteiger charge is 2.59. The summed E-state index contributed by atoms with van der Waals surface area (Å²) in [6.07, 6.45) is 0. The first-order chi connectivity index (χ1) is 15.0. The summed E-state index contributed by atoms with van der Waals surface area (Å²) in [5, 5.41) is 5.70. The van der Waals surface area contributed by atoms with Gasteiger partial charge in [-0.05, 0) is 31.2 Å². The summed E-state index contributed by atoms with van der Waals surface area (Å²) >= 11 is 0. The molecule has 0 aliphatic carbocycles. The van der Waals surface area contributed by atoms with Crippen molar-refractivity contribution in [1.29, 1.82) is 0 Å². The molecule has 160 valence electrons. The average Bonchev–Trinajstić information content (AvgIpc) is 3.30. The van der Waals surface area contributed by atoms with E-state index in [1.165, 1.54) is 19.2 Å². The molecule has 2 atom stereocenters. The number of hydrogen-bond acceptors (Lipinski definition) is 8. The van der Waals surface area contributed by atoms with E-state index in [9.17, 15) is 14.4 Å². The van der Waals surface area contributed by atoms with E-state index >= 15 is 0 Å². The van der Waals surface area contributed by atoms with E-state index in [1.807, 2.05) is 0 Å². The number of nitrogens with zero attached hydrogens (tertiary/aromatic N) is 3. The number of rotatable bonds is 6. The number of imide groups is 1. The van der Waals surface area contributed by atoms with Gasteiger partial charge in [0.05, 0.1) is 26.5 Å². The maximum Gasteiger partial charge on any atom is 0.355 e. The number of carbonyl (C=O) groups is 3. The van der Waals surface area contributed by atoms with Crippen LogP contribution in [0.25, 0.3) is 0 Å². The van der Waals surface area contributed by atoms with Crippen LogP contribution in [0.1, 0.15) is 6.92 Å². The smallest absolute Gasteiger partial charge is 0.355 e. The number of para-hydroxylation sites is 4.